The van der Waals surface area contributed by atoms with Crippen LogP contribution in [0.4, 0.5) is 5.69 Å². The summed E-state index contributed by atoms with van der Waals surface area (Å²) < 4.78 is 0. The minimum absolute atomic E-state index is 0.0247. The molecule has 0 saturated carbocycles. The van der Waals surface area contributed by atoms with Gasteiger partial charge in [-0.15, -0.1) is 0 Å². The normalized spacial score (nSPS) is 23.4. The monoisotopic (exact) mass is 293 g/mol. The molecular weight excluding hydrogens is 274 g/mol. The Hall–Kier alpha value is -1.26. The fourth-order valence-electron chi connectivity index (χ4n) is 3.21. The quantitative estimate of drug-likeness (QED) is 0.851. The number of rotatable bonds is 2. The first kappa shape index (κ1) is 13.7. The molecule has 1 aromatic carbocycles. The first-order valence-corrected chi connectivity index (χ1v) is 7.61. The second kappa shape index (κ2) is 5.62. The van der Waals surface area contributed by atoms with Crippen LogP contribution in [0.2, 0.25) is 5.02 Å². The zero-order valence-corrected chi connectivity index (χ0v) is 12.3. The number of hydrogen-bond acceptors (Lipinski definition) is 3. The zero-order valence-electron chi connectivity index (χ0n) is 11.5. The molecule has 1 amide bonds. The van der Waals surface area contributed by atoms with Crippen LogP contribution in [0.15, 0.2) is 18.2 Å². The van der Waals surface area contributed by atoms with Crippen LogP contribution in [-0.2, 0) is 0 Å². The Morgan fingerprint density at radius 2 is 2.00 bits per heavy atom. The highest BCUT2D eigenvalue weighted by Crippen LogP contribution is 2.25. The van der Waals surface area contributed by atoms with Gasteiger partial charge in [0.1, 0.15) is 0 Å². The van der Waals surface area contributed by atoms with Crippen LogP contribution in [0.25, 0.3) is 0 Å². The molecule has 0 aliphatic carbocycles. The number of halogens is 1. The summed E-state index contributed by atoms with van der Waals surface area (Å²) in [7, 11) is 0. The van der Waals surface area contributed by atoms with Crippen molar-refractivity contribution in [3.05, 3.63) is 28.8 Å². The second-order valence-electron chi connectivity index (χ2n) is 5.68. The second-order valence-corrected chi connectivity index (χ2v) is 6.08. The molecule has 1 atom stereocenters. The van der Waals surface area contributed by atoms with Gasteiger partial charge in [0.05, 0.1) is 10.6 Å². The first-order chi connectivity index (χ1) is 9.65. The van der Waals surface area contributed by atoms with Gasteiger partial charge in [-0.05, 0) is 50.6 Å². The standard InChI is InChI=1S/C15H20ClN3O/c16-14-9-11(17)3-4-13(14)15(20)19-8-5-12(10-19)18-6-1-2-7-18/h3-4,9,12H,1-2,5-8,10,17H2. The van der Waals surface area contributed by atoms with Crippen LogP contribution in [-0.4, -0.2) is 47.9 Å². The lowest BCUT2D eigenvalue weighted by atomic mass is 10.2. The molecule has 4 nitrogen and oxygen atoms in total. The number of nitrogen functional groups attached to an aromatic ring is 1. The third-order valence-corrected chi connectivity index (χ3v) is 4.64. The van der Waals surface area contributed by atoms with Gasteiger partial charge in [-0.3, -0.25) is 9.69 Å². The molecule has 0 aromatic heterocycles. The average Bonchev–Trinajstić information content (AvgIpc) is 3.09. The lowest BCUT2D eigenvalue weighted by Crippen LogP contribution is -2.37. The maximum atomic E-state index is 12.5. The Labute approximate surface area is 124 Å². The number of nitrogens with two attached hydrogens (primary N) is 1. The number of carbonyl (C=O) groups excluding carboxylic acids is 1. The van der Waals surface area contributed by atoms with Gasteiger partial charge in [0.2, 0.25) is 0 Å². The predicted octanol–water partition coefficient (Wildman–Crippen LogP) is 2.23. The molecule has 0 spiro atoms. The number of hydrogen-bond donors (Lipinski definition) is 1. The van der Waals surface area contributed by atoms with Crippen LogP contribution in [0.3, 0.4) is 0 Å². The summed E-state index contributed by atoms with van der Waals surface area (Å²) in [6, 6.07) is 5.62. The van der Waals surface area contributed by atoms with Crippen molar-refractivity contribution < 1.29 is 4.79 Å². The van der Waals surface area contributed by atoms with Crippen LogP contribution in [0.5, 0.6) is 0 Å². The summed E-state index contributed by atoms with van der Waals surface area (Å²) in [4.78, 5) is 17.0. The fraction of sp³-hybridized carbons (Fsp3) is 0.533. The van der Waals surface area contributed by atoms with Gasteiger partial charge in [0.25, 0.3) is 5.91 Å². The maximum absolute atomic E-state index is 12.5. The van der Waals surface area contributed by atoms with Crippen molar-refractivity contribution in [2.75, 3.05) is 31.9 Å². The van der Waals surface area contributed by atoms with Crippen LogP contribution >= 0.6 is 11.6 Å². The molecule has 1 aromatic rings. The largest absolute Gasteiger partial charge is 0.399 e. The Kier molecular flexibility index (Phi) is 3.85. The smallest absolute Gasteiger partial charge is 0.255 e. The molecule has 0 radical (unpaired) electrons. The van der Waals surface area contributed by atoms with E-state index >= 15 is 0 Å². The highest BCUT2D eigenvalue weighted by molar-refractivity contribution is 6.34. The molecule has 2 heterocycles. The van der Waals surface area contributed by atoms with Crippen molar-refractivity contribution in [2.24, 2.45) is 0 Å². The molecule has 0 bridgehead atoms. The minimum atomic E-state index is 0.0247. The SMILES string of the molecule is Nc1ccc(C(=O)N2CCC(N3CCCC3)C2)c(Cl)c1. The fourth-order valence-corrected chi connectivity index (χ4v) is 3.48. The van der Waals surface area contributed by atoms with Gasteiger partial charge in [-0.2, -0.15) is 0 Å². The summed E-state index contributed by atoms with van der Waals surface area (Å²) in [6.45, 7) is 3.99. The van der Waals surface area contributed by atoms with Crippen molar-refractivity contribution in [1.82, 2.24) is 9.80 Å². The summed E-state index contributed by atoms with van der Waals surface area (Å²) in [5.41, 5.74) is 6.81. The molecule has 1 unspecified atom stereocenters. The van der Waals surface area contributed by atoms with Crippen molar-refractivity contribution in [3.8, 4) is 0 Å². The Morgan fingerprint density at radius 1 is 1.25 bits per heavy atom. The number of nitrogens with zero attached hydrogens (tertiary/aromatic N) is 2. The van der Waals surface area contributed by atoms with Crippen molar-refractivity contribution in [2.45, 2.75) is 25.3 Å². The summed E-state index contributed by atoms with van der Waals surface area (Å²) >= 11 is 6.13. The van der Waals surface area contributed by atoms with E-state index in [0.717, 1.165) is 19.5 Å². The molecule has 5 heteroatoms. The third kappa shape index (κ3) is 2.63. The van der Waals surface area contributed by atoms with E-state index in [0.29, 0.717) is 22.3 Å². The molecule has 2 aliphatic heterocycles. The number of benzene rings is 1. The molecule has 2 saturated heterocycles. The van der Waals surface area contributed by atoms with E-state index in [4.69, 9.17) is 17.3 Å². The number of amides is 1. The molecule has 3 rings (SSSR count). The van der Waals surface area contributed by atoms with E-state index < -0.39 is 0 Å². The summed E-state index contributed by atoms with van der Waals surface area (Å²) in [5, 5.41) is 0.444. The van der Waals surface area contributed by atoms with Gasteiger partial charge in [0.15, 0.2) is 0 Å². The van der Waals surface area contributed by atoms with Crippen LogP contribution in [0, 0.1) is 0 Å². The molecular formula is C15H20ClN3O. The first-order valence-electron chi connectivity index (χ1n) is 7.23. The van der Waals surface area contributed by atoms with Gasteiger partial charge in [-0.1, -0.05) is 11.6 Å². The predicted molar refractivity (Wildman–Crippen MR) is 81.0 cm³/mol. The van der Waals surface area contributed by atoms with Crippen molar-refractivity contribution >= 4 is 23.2 Å². The highest BCUT2D eigenvalue weighted by Gasteiger charge is 2.32. The van der Waals surface area contributed by atoms with Crippen molar-refractivity contribution in [3.63, 3.8) is 0 Å². The molecule has 20 heavy (non-hydrogen) atoms. The average molecular weight is 294 g/mol. The van der Waals surface area contributed by atoms with Crippen LogP contribution in [0.1, 0.15) is 29.6 Å². The lowest BCUT2D eigenvalue weighted by molar-refractivity contribution is 0.0780. The van der Waals surface area contributed by atoms with E-state index in [9.17, 15) is 4.79 Å². The Morgan fingerprint density at radius 3 is 2.70 bits per heavy atom. The molecule has 2 N–H and O–H groups in total. The third-order valence-electron chi connectivity index (χ3n) is 4.33. The van der Waals surface area contributed by atoms with E-state index in [2.05, 4.69) is 4.90 Å². The van der Waals surface area contributed by atoms with E-state index in [1.54, 1.807) is 18.2 Å². The van der Waals surface area contributed by atoms with E-state index in [-0.39, 0.29) is 5.91 Å². The van der Waals surface area contributed by atoms with Crippen molar-refractivity contribution in [1.29, 1.82) is 0 Å². The number of carbonyl (C=O) groups is 1. The zero-order chi connectivity index (χ0) is 14.1. The van der Waals surface area contributed by atoms with Gasteiger partial charge in [0, 0.05) is 24.8 Å². The maximum Gasteiger partial charge on any atom is 0.255 e. The summed E-state index contributed by atoms with van der Waals surface area (Å²) in [6.07, 6.45) is 3.64. The topological polar surface area (TPSA) is 49.6 Å². The molecule has 108 valence electrons. The highest BCUT2D eigenvalue weighted by atomic mass is 35.5. The summed E-state index contributed by atoms with van der Waals surface area (Å²) in [5.74, 6) is 0.0247. The van der Waals surface area contributed by atoms with Gasteiger partial charge >= 0.3 is 0 Å². The lowest BCUT2D eigenvalue weighted by Gasteiger charge is -2.23. The van der Waals surface area contributed by atoms with Gasteiger partial charge < -0.3 is 10.6 Å². The van der Waals surface area contributed by atoms with E-state index in [1.807, 2.05) is 4.90 Å². The van der Waals surface area contributed by atoms with Gasteiger partial charge in [-0.25, -0.2) is 0 Å². The van der Waals surface area contributed by atoms with E-state index in [1.165, 1.54) is 25.9 Å². The number of likely N-dealkylation sites (tertiary alicyclic amines) is 2. The molecule has 2 fully saturated rings. The minimum Gasteiger partial charge on any atom is -0.399 e. The Bertz CT molecular complexity index is 514. The van der Waals surface area contributed by atoms with Crippen LogP contribution < -0.4 is 5.73 Å². The number of anilines is 1. The molecule has 2 aliphatic rings. The Balaban J connectivity index is 1.69.